The highest BCUT2D eigenvalue weighted by Gasteiger charge is 2.20. The normalized spacial score (nSPS) is 12.7. The molecule has 396 valence electrons. The second-order valence-electron chi connectivity index (χ2n) is 20.7. The van der Waals surface area contributed by atoms with E-state index in [2.05, 4.69) is 43.5 Å². The zero-order chi connectivity index (χ0) is 48.6. The van der Waals surface area contributed by atoms with Crippen molar-refractivity contribution in [3.63, 3.8) is 0 Å². The van der Waals surface area contributed by atoms with Crippen molar-refractivity contribution in [3.05, 3.63) is 24.3 Å². The van der Waals surface area contributed by atoms with E-state index in [0.717, 1.165) is 51.4 Å². The number of aliphatic hydroxyl groups excluding tert-OH is 2. The maximum atomic E-state index is 12.5. The minimum atomic E-state index is -0.669. The largest absolute Gasteiger partial charge is 0.466 e. The average Bonchev–Trinajstić information content (AvgIpc) is 3.33. The van der Waals surface area contributed by atoms with E-state index in [4.69, 9.17) is 4.74 Å². The zero-order valence-corrected chi connectivity index (χ0v) is 45.1. The van der Waals surface area contributed by atoms with Crippen molar-refractivity contribution in [2.24, 2.45) is 0 Å². The average molecular weight is 945 g/mol. The summed E-state index contributed by atoms with van der Waals surface area (Å²) in [6.45, 7) is 4.93. The summed E-state index contributed by atoms with van der Waals surface area (Å²) in [5.74, 6) is -0.0437. The van der Waals surface area contributed by atoms with Crippen LogP contribution in [0.15, 0.2) is 24.3 Å². The summed E-state index contributed by atoms with van der Waals surface area (Å²) in [5.41, 5.74) is 0. The molecule has 0 spiro atoms. The van der Waals surface area contributed by atoms with Crippen molar-refractivity contribution in [2.75, 3.05) is 13.2 Å². The Balaban J connectivity index is 3.42. The van der Waals surface area contributed by atoms with Gasteiger partial charge in [0, 0.05) is 12.8 Å². The number of aliphatic hydroxyl groups is 2. The molecule has 0 aliphatic carbocycles. The monoisotopic (exact) mass is 944 g/mol. The molecule has 0 aromatic carbocycles. The molecule has 2 atom stereocenters. The number of hydrogen-bond acceptors (Lipinski definition) is 5. The molecular formula is C61H117NO5. The standard InChI is InChI=1S/C61H117NO5/c1-3-5-7-9-11-13-15-17-19-21-25-29-33-37-41-45-49-53-59(64)58(57-63)62-60(65)54-50-46-42-38-34-30-26-23-24-28-32-36-40-44-48-52-56-67-61(66)55-51-47-43-39-35-31-27-22-20-18-16-14-12-10-8-6-4-2/h12,14,18,20,58-59,63-64H,3-11,13,15-17,19,21-57H2,1-2H3,(H,62,65)/b14-12-,20-18-. The van der Waals surface area contributed by atoms with Gasteiger partial charge in [0.25, 0.3) is 0 Å². The van der Waals surface area contributed by atoms with E-state index in [0.29, 0.717) is 25.9 Å². The predicted molar refractivity (Wildman–Crippen MR) is 292 cm³/mol. The fourth-order valence-electron chi connectivity index (χ4n) is 9.38. The molecule has 6 heteroatoms. The van der Waals surface area contributed by atoms with E-state index in [1.165, 1.54) is 244 Å². The molecule has 0 fully saturated rings. The topological polar surface area (TPSA) is 95.9 Å². The summed E-state index contributed by atoms with van der Waals surface area (Å²) in [6, 6.07) is -0.547. The third kappa shape index (κ3) is 53.5. The third-order valence-corrected chi connectivity index (χ3v) is 14.0. The van der Waals surface area contributed by atoms with Gasteiger partial charge in [0.05, 0.1) is 25.4 Å². The van der Waals surface area contributed by atoms with Gasteiger partial charge in [0.2, 0.25) is 5.91 Å². The molecule has 3 N–H and O–H groups in total. The van der Waals surface area contributed by atoms with Crippen molar-refractivity contribution < 1.29 is 24.5 Å². The first kappa shape index (κ1) is 65.3. The van der Waals surface area contributed by atoms with Crippen molar-refractivity contribution >= 4 is 11.9 Å². The van der Waals surface area contributed by atoms with Crippen LogP contribution >= 0.6 is 0 Å². The first-order valence-corrected chi connectivity index (χ1v) is 30.1. The Morgan fingerprint density at radius 2 is 0.746 bits per heavy atom. The Kier molecular flexibility index (Phi) is 55.5. The highest BCUT2D eigenvalue weighted by atomic mass is 16.5. The summed E-state index contributed by atoms with van der Waals surface area (Å²) >= 11 is 0. The summed E-state index contributed by atoms with van der Waals surface area (Å²) in [6.07, 6.45) is 68.8. The highest BCUT2D eigenvalue weighted by molar-refractivity contribution is 5.76. The number of nitrogens with one attached hydrogen (secondary N) is 1. The van der Waals surface area contributed by atoms with E-state index in [1.54, 1.807) is 0 Å². The fraction of sp³-hybridized carbons (Fsp3) is 0.902. The molecule has 67 heavy (non-hydrogen) atoms. The molecule has 0 rings (SSSR count). The number of ether oxygens (including phenoxy) is 1. The minimum absolute atomic E-state index is 0.00398. The van der Waals surface area contributed by atoms with Gasteiger partial charge in [-0.2, -0.15) is 0 Å². The van der Waals surface area contributed by atoms with Gasteiger partial charge >= 0.3 is 5.97 Å². The molecule has 0 radical (unpaired) electrons. The smallest absolute Gasteiger partial charge is 0.305 e. The summed E-state index contributed by atoms with van der Waals surface area (Å²) in [5, 5.41) is 23.3. The Labute approximate surface area is 418 Å². The van der Waals surface area contributed by atoms with E-state index >= 15 is 0 Å². The van der Waals surface area contributed by atoms with Gasteiger partial charge in [-0.3, -0.25) is 9.59 Å². The van der Waals surface area contributed by atoms with Gasteiger partial charge in [0.15, 0.2) is 0 Å². The lowest BCUT2D eigenvalue weighted by Gasteiger charge is -2.22. The molecule has 0 saturated carbocycles. The van der Waals surface area contributed by atoms with E-state index in [1.807, 2.05) is 0 Å². The maximum absolute atomic E-state index is 12.5. The Morgan fingerprint density at radius 1 is 0.418 bits per heavy atom. The first-order valence-electron chi connectivity index (χ1n) is 30.1. The molecule has 0 aliphatic rings. The number of carbonyl (C=O) groups excluding carboxylic acids is 2. The van der Waals surface area contributed by atoms with E-state index in [-0.39, 0.29) is 18.5 Å². The number of rotatable bonds is 56. The number of allylic oxidation sites excluding steroid dienone is 4. The lowest BCUT2D eigenvalue weighted by Crippen LogP contribution is -2.45. The molecule has 0 heterocycles. The minimum Gasteiger partial charge on any atom is -0.466 e. The Bertz CT molecular complexity index is 1040. The van der Waals surface area contributed by atoms with Crippen LogP contribution in [0.5, 0.6) is 0 Å². The Hall–Kier alpha value is -1.66. The summed E-state index contributed by atoms with van der Waals surface area (Å²) in [4.78, 5) is 24.6. The highest BCUT2D eigenvalue weighted by Crippen LogP contribution is 2.18. The molecule has 6 nitrogen and oxygen atoms in total. The van der Waals surface area contributed by atoms with Crippen LogP contribution in [0.1, 0.15) is 328 Å². The van der Waals surface area contributed by atoms with E-state index < -0.39 is 12.1 Å². The second kappa shape index (κ2) is 56.9. The van der Waals surface area contributed by atoms with Crippen molar-refractivity contribution in [3.8, 4) is 0 Å². The number of unbranched alkanes of at least 4 members (excludes halogenated alkanes) is 41. The quantitative estimate of drug-likeness (QED) is 0.0321. The lowest BCUT2D eigenvalue weighted by atomic mass is 10.0. The maximum Gasteiger partial charge on any atom is 0.305 e. The van der Waals surface area contributed by atoms with Crippen LogP contribution in [-0.2, 0) is 14.3 Å². The van der Waals surface area contributed by atoms with Crippen LogP contribution in [0.3, 0.4) is 0 Å². The van der Waals surface area contributed by atoms with Crippen LogP contribution in [0.25, 0.3) is 0 Å². The van der Waals surface area contributed by atoms with E-state index in [9.17, 15) is 19.8 Å². The third-order valence-electron chi connectivity index (χ3n) is 14.0. The molecule has 2 unspecified atom stereocenters. The number of hydrogen-bond donors (Lipinski definition) is 3. The second-order valence-corrected chi connectivity index (χ2v) is 20.7. The summed E-state index contributed by atoms with van der Waals surface area (Å²) in [7, 11) is 0. The molecule has 0 aromatic heterocycles. The van der Waals surface area contributed by atoms with Gasteiger partial charge < -0.3 is 20.3 Å². The van der Waals surface area contributed by atoms with Crippen LogP contribution in [0.2, 0.25) is 0 Å². The van der Waals surface area contributed by atoms with Gasteiger partial charge in [0.1, 0.15) is 0 Å². The Morgan fingerprint density at radius 3 is 1.16 bits per heavy atom. The van der Waals surface area contributed by atoms with Crippen molar-refractivity contribution in [1.82, 2.24) is 5.32 Å². The van der Waals surface area contributed by atoms with Gasteiger partial charge in [-0.1, -0.05) is 282 Å². The van der Waals surface area contributed by atoms with Gasteiger partial charge in [-0.05, 0) is 57.8 Å². The van der Waals surface area contributed by atoms with Crippen LogP contribution < -0.4 is 5.32 Å². The molecule has 0 saturated heterocycles. The zero-order valence-electron chi connectivity index (χ0n) is 45.1. The van der Waals surface area contributed by atoms with Crippen LogP contribution in [0, 0.1) is 0 Å². The first-order chi connectivity index (χ1) is 33.0. The SMILES string of the molecule is CCCCC/C=C\C/C=C\CCCCCCCCCC(=O)OCCCCCCCCCCCCCCCCCCC(=O)NC(CO)C(O)CCCCCCCCCCCCCCCCCCC. The lowest BCUT2D eigenvalue weighted by molar-refractivity contribution is -0.143. The molecule has 0 bridgehead atoms. The molecule has 0 aliphatic heterocycles. The van der Waals surface area contributed by atoms with Gasteiger partial charge in [-0.25, -0.2) is 0 Å². The number of carbonyl (C=O) groups is 2. The van der Waals surface area contributed by atoms with Crippen molar-refractivity contribution in [1.29, 1.82) is 0 Å². The van der Waals surface area contributed by atoms with Crippen molar-refractivity contribution in [2.45, 2.75) is 341 Å². The van der Waals surface area contributed by atoms with Crippen LogP contribution in [0.4, 0.5) is 0 Å². The number of esters is 1. The van der Waals surface area contributed by atoms with Crippen LogP contribution in [-0.4, -0.2) is 47.4 Å². The molecular weight excluding hydrogens is 827 g/mol. The van der Waals surface area contributed by atoms with Gasteiger partial charge in [-0.15, -0.1) is 0 Å². The fourth-order valence-corrected chi connectivity index (χ4v) is 9.38. The number of amides is 1. The predicted octanol–water partition coefficient (Wildman–Crippen LogP) is 18.6. The molecule has 1 amide bonds. The molecule has 0 aromatic rings. The summed E-state index contributed by atoms with van der Waals surface area (Å²) < 4.78 is 5.48.